The quantitative estimate of drug-likeness (QED) is 0.350. The molecule has 2 N–H and O–H groups in total. The van der Waals surface area contributed by atoms with Gasteiger partial charge in [0.25, 0.3) is 0 Å². The van der Waals surface area contributed by atoms with Gasteiger partial charge in [-0.05, 0) is 42.5 Å². The fourth-order valence-corrected chi connectivity index (χ4v) is 3.11. The van der Waals surface area contributed by atoms with Gasteiger partial charge in [0, 0.05) is 11.6 Å². The van der Waals surface area contributed by atoms with E-state index in [2.05, 4.69) is 20.3 Å². The maximum Gasteiger partial charge on any atom is 0.345 e. The van der Waals surface area contributed by atoms with E-state index in [0.717, 1.165) is 5.39 Å². The number of nitrogen functional groups attached to an aromatic ring is 1. The highest BCUT2D eigenvalue weighted by Gasteiger charge is 2.17. The first-order valence-electron chi connectivity index (χ1n) is 8.94. The van der Waals surface area contributed by atoms with Gasteiger partial charge in [-0.25, -0.2) is 18.7 Å². The highest BCUT2D eigenvalue weighted by Crippen LogP contribution is 2.31. The summed E-state index contributed by atoms with van der Waals surface area (Å²) in [5, 5.41) is 13.2. The van der Waals surface area contributed by atoms with E-state index in [1.54, 1.807) is 24.3 Å². The number of hydrogen-bond acceptors (Lipinski definition) is 7. The predicted octanol–water partition coefficient (Wildman–Crippen LogP) is 4.64. The lowest BCUT2D eigenvalue weighted by molar-refractivity contribution is 0.563. The summed E-state index contributed by atoms with van der Waals surface area (Å²) in [6.45, 7) is 0. The molecule has 5 aromatic rings. The lowest BCUT2D eigenvalue weighted by Crippen LogP contribution is -2.07. The number of nitrogens with two attached hydrogens (primary N) is 1. The monoisotopic (exact) mass is 400 g/mol. The molecule has 3 aromatic heterocycles. The fraction of sp³-hybridized carbons (Fsp3) is 0. The Balaban J connectivity index is 1.66. The molecule has 0 unspecified atom stereocenters. The Hall–Kier alpha value is -4.40. The molecule has 0 amide bonds. The van der Waals surface area contributed by atoms with Crippen LogP contribution in [-0.4, -0.2) is 14.6 Å². The van der Waals surface area contributed by atoms with Crippen LogP contribution in [0.3, 0.4) is 0 Å². The molecule has 0 fully saturated rings. The number of nitrogens with zero attached hydrogens (tertiary/aromatic N) is 5. The van der Waals surface area contributed by atoms with Crippen LogP contribution in [-0.2, 0) is 0 Å². The van der Waals surface area contributed by atoms with Crippen molar-refractivity contribution in [2.24, 2.45) is 10.2 Å². The number of aromatic nitrogens is 3. The minimum atomic E-state index is -0.509. The van der Waals surface area contributed by atoms with E-state index in [1.165, 1.54) is 35.0 Å². The Bertz CT molecular complexity index is 1490. The predicted molar refractivity (Wildman–Crippen MR) is 109 cm³/mol. The Morgan fingerprint density at radius 2 is 1.83 bits per heavy atom. The maximum absolute atomic E-state index is 13.1. The van der Waals surface area contributed by atoms with E-state index in [1.807, 2.05) is 12.1 Å². The smallest absolute Gasteiger partial charge is 0.345 e. The van der Waals surface area contributed by atoms with Crippen molar-refractivity contribution < 1.29 is 8.81 Å². The van der Waals surface area contributed by atoms with Crippen molar-refractivity contribution in [3.05, 3.63) is 83.1 Å². The second-order valence-electron chi connectivity index (χ2n) is 6.46. The first-order valence-corrected chi connectivity index (χ1v) is 8.94. The molecule has 8 nitrogen and oxygen atoms in total. The second-order valence-corrected chi connectivity index (χ2v) is 6.46. The zero-order valence-electron chi connectivity index (χ0n) is 15.4. The molecule has 0 bridgehead atoms. The molecule has 0 spiro atoms. The van der Waals surface area contributed by atoms with Gasteiger partial charge in [-0.1, -0.05) is 18.2 Å². The van der Waals surface area contributed by atoms with E-state index < -0.39 is 5.63 Å². The largest absolute Gasteiger partial charge is 0.422 e. The summed E-state index contributed by atoms with van der Waals surface area (Å²) in [7, 11) is 0. The topological polar surface area (TPSA) is 111 Å². The number of fused-ring (bicyclic) bond motifs is 2. The summed E-state index contributed by atoms with van der Waals surface area (Å²) in [6.07, 6.45) is 1.53. The Morgan fingerprint density at radius 3 is 2.67 bits per heavy atom. The van der Waals surface area contributed by atoms with Gasteiger partial charge >= 0.3 is 5.63 Å². The van der Waals surface area contributed by atoms with Gasteiger partial charge in [-0.15, -0.1) is 10.2 Å². The first-order chi connectivity index (χ1) is 14.6. The van der Waals surface area contributed by atoms with Crippen LogP contribution in [0.25, 0.3) is 27.9 Å². The number of benzene rings is 2. The third-order valence-corrected chi connectivity index (χ3v) is 4.53. The summed E-state index contributed by atoms with van der Waals surface area (Å²) < 4.78 is 19.9. The van der Waals surface area contributed by atoms with Crippen molar-refractivity contribution in [3.8, 4) is 11.3 Å². The zero-order chi connectivity index (χ0) is 20.7. The van der Waals surface area contributed by atoms with Crippen molar-refractivity contribution in [1.82, 2.24) is 14.6 Å². The number of hydrogen-bond donors (Lipinski definition) is 1. The molecule has 2 aromatic carbocycles. The average Bonchev–Trinajstić information content (AvgIpc) is 3.08. The van der Waals surface area contributed by atoms with Crippen LogP contribution < -0.4 is 11.4 Å². The van der Waals surface area contributed by atoms with Crippen molar-refractivity contribution in [1.29, 1.82) is 0 Å². The maximum atomic E-state index is 13.1. The van der Waals surface area contributed by atoms with Gasteiger partial charge in [-0.2, -0.15) is 5.11 Å². The molecule has 0 aliphatic rings. The van der Waals surface area contributed by atoms with Crippen LogP contribution in [0.4, 0.5) is 21.6 Å². The molecule has 0 aliphatic heterocycles. The van der Waals surface area contributed by atoms with Gasteiger partial charge in [-0.3, -0.25) is 0 Å². The van der Waals surface area contributed by atoms with Gasteiger partial charge in [0.15, 0.2) is 17.2 Å². The molecule has 0 atom stereocenters. The van der Waals surface area contributed by atoms with Gasteiger partial charge in [0.2, 0.25) is 0 Å². The van der Waals surface area contributed by atoms with E-state index >= 15 is 0 Å². The molecular weight excluding hydrogens is 387 g/mol. The van der Waals surface area contributed by atoms with Gasteiger partial charge in [0.1, 0.15) is 11.4 Å². The summed E-state index contributed by atoms with van der Waals surface area (Å²) >= 11 is 0. The fourth-order valence-electron chi connectivity index (χ4n) is 3.11. The Morgan fingerprint density at radius 1 is 1.03 bits per heavy atom. The van der Waals surface area contributed by atoms with Crippen LogP contribution in [0.15, 0.2) is 86.3 Å². The lowest BCUT2D eigenvalue weighted by atomic mass is 10.1. The molecule has 0 radical (unpaired) electrons. The van der Waals surface area contributed by atoms with Crippen LogP contribution in [0.5, 0.6) is 0 Å². The highest BCUT2D eigenvalue weighted by atomic mass is 19.1. The molecule has 5 rings (SSSR count). The minimum absolute atomic E-state index is 0.0889. The SMILES string of the molecule is Nc1nn2c(-c3cc4ccccc4oc3=O)ccnc2c1N=Nc1ccc(F)cc1. The van der Waals surface area contributed by atoms with Gasteiger partial charge < -0.3 is 10.2 Å². The summed E-state index contributed by atoms with van der Waals surface area (Å²) in [4.78, 5) is 16.9. The molecular formula is C21H13FN6O2. The Kier molecular flexibility index (Phi) is 4.06. The third kappa shape index (κ3) is 2.98. The minimum Gasteiger partial charge on any atom is -0.422 e. The third-order valence-electron chi connectivity index (χ3n) is 4.53. The molecule has 30 heavy (non-hydrogen) atoms. The van der Waals surface area contributed by atoms with E-state index in [-0.39, 0.29) is 17.3 Å². The summed E-state index contributed by atoms with van der Waals surface area (Å²) in [5.74, 6) is -0.282. The second kappa shape index (κ2) is 6.89. The molecule has 0 saturated carbocycles. The van der Waals surface area contributed by atoms with Crippen LogP contribution in [0.2, 0.25) is 0 Å². The van der Waals surface area contributed by atoms with Crippen LogP contribution in [0, 0.1) is 5.82 Å². The van der Waals surface area contributed by atoms with Crippen molar-refractivity contribution in [3.63, 3.8) is 0 Å². The standard InChI is InChI=1S/C21H13FN6O2/c22-13-5-7-14(8-6-13)25-26-18-19(23)27-28-16(9-10-24-20(18)28)15-11-12-3-1-2-4-17(12)30-21(15)29/h1-11H,(H2,23,27). The zero-order valence-corrected chi connectivity index (χ0v) is 15.4. The number of anilines is 1. The van der Waals surface area contributed by atoms with Crippen molar-refractivity contribution >= 4 is 33.8 Å². The molecule has 9 heteroatoms. The summed E-state index contributed by atoms with van der Waals surface area (Å²) in [5.41, 5.74) is 7.79. The van der Waals surface area contributed by atoms with E-state index in [0.29, 0.717) is 28.2 Å². The molecule has 0 saturated heterocycles. The van der Waals surface area contributed by atoms with Crippen molar-refractivity contribution in [2.45, 2.75) is 0 Å². The summed E-state index contributed by atoms with van der Waals surface area (Å²) in [6, 6.07) is 16.1. The van der Waals surface area contributed by atoms with E-state index in [4.69, 9.17) is 10.2 Å². The van der Waals surface area contributed by atoms with Crippen LogP contribution in [0.1, 0.15) is 0 Å². The molecule has 0 aliphatic carbocycles. The molecule has 146 valence electrons. The number of rotatable bonds is 3. The average molecular weight is 400 g/mol. The first kappa shape index (κ1) is 17.7. The Labute approximate surface area is 168 Å². The number of azo groups is 1. The van der Waals surface area contributed by atoms with Crippen molar-refractivity contribution in [2.75, 3.05) is 5.73 Å². The highest BCUT2D eigenvalue weighted by molar-refractivity contribution is 5.82. The number of halogens is 1. The lowest BCUT2D eigenvalue weighted by Gasteiger charge is -2.04. The van der Waals surface area contributed by atoms with E-state index in [9.17, 15) is 9.18 Å². The normalized spacial score (nSPS) is 11.6. The number of para-hydroxylation sites is 1. The van der Waals surface area contributed by atoms with Crippen LogP contribution >= 0.6 is 0 Å². The van der Waals surface area contributed by atoms with Gasteiger partial charge in [0.05, 0.1) is 16.9 Å². The molecule has 3 heterocycles.